The van der Waals surface area contributed by atoms with Crippen LogP contribution in [0, 0.1) is 0 Å². The molecule has 0 spiro atoms. The maximum absolute atomic E-state index is 12.2. The summed E-state index contributed by atoms with van der Waals surface area (Å²) in [5.41, 5.74) is 2.25. The molecule has 1 saturated heterocycles. The maximum atomic E-state index is 12.2. The van der Waals surface area contributed by atoms with Gasteiger partial charge in [-0.2, -0.15) is 16.4 Å². The smallest absolute Gasteiger partial charge is 0.267 e. The second kappa shape index (κ2) is 5.97. The van der Waals surface area contributed by atoms with Crippen LogP contribution in [0.15, 0.2) is 33.8 Å². The molecule has 1 atom stereocenters. The third-order valence-corrected chi connectivity index (χ3v) is 4.94. The molecule has 2 aromatic rings. The van der Waals surface area contributed by atoms with Crippen molar-refractivity contribution in [1.29, 1.82) is 0 Å². The monoisotopic (exact) mass is 317 g/mol. The summed E-state index contributed by atoms with van der Waals surface area (Å²) >= 11 is 1.73. The van der Waals surface area contributed by atoms with Crippen LogP contribution in [0.3, 0.4) is 0 Å². The Balaban J connectivity index is 1.85. The highest BCUT2D eigenvalue weighted by Crippen LogP contribution is 2.33. The summed E-state index contributed by atoms with van der Waals surface area (Å²) in [5, 5.41) is 8.92. The first-order valence-corrected chi connectivity index (χ1v) is 8.74. The molecule has 2 aromatic heterocycles. The van der Waals surface area contributed by atoms with Crippen LogP contribution in [0.1, 0.15) is 50.9 Å². The number of hydrogen-bond donors (Lipinski definition) is 0. The molecule has 3 heterocycles. The minimum Gasteiger partial charge on any atom is -0.277 e. The molecule has 1 fully saturated rings. The second-order valence-electron chi connectivity index (χ2n) is 6.97. The van der Waals surface area contributed by atoms with Gasteiger partial charge >= 0.3 is 0 Å². The first kappa shape index (κ1) is 15.4. The first-order valence-electron chi connectivity index (χ1n) is 7.80. The molecule has 0 bridgehead atoms. The molecule has 0 aromatic carbocycles. The summed E-state index contributed by atoms with van der Waals surface area (Å²) < 4.78 is 1.62. The predicted molar refractivity (Wildman–Crippen MR) is 90.2 cm³/mol. The molecule has 22 heavy (non-hydrogen) atoms. The molecule has 0 saturated carbocycles. The molecule has 118 valence electrons. The lowest BCUT2D eigenvalue weighted by molar-refractivity contribution is 0.185. The lowest BCUT2D eigenvalue weighted by Gasteiger charge is -2.25. The zero-order chi connectivity index (χ0) is 15.7. The Kier molecular flexibility index (Phi) is 4.19. The number of thiophene rings is 1. The van der Waals surface area contributed by atoms with Gasteiger partial charge in [-0.1, -0.05) is 20.8 Å². The molecule has 0 amide bonds. The van der Waals surface area contributed by atoms with Gasteiger partial charge in [0.1, 0.15) is 0 Å². The van der Waals surface area contributed by atoms with Crippen molar-refractivity contribution in [2.45, 2.75) is 51.7 Å². The third kappa shape index (κ3) is 3.15. The molecule has 0 N–H and O–H groups in total. The van der Waals surface area contributed by atoms with E-state index in [0.29, 0.717) is 12.7 Å². The van der Waals surface area contributed by atoms with E-state index in [4.69, 9.17) is 0 Å². The quantitative estimate of drug-likeness (QED) is 0.871. The van der Waals surface area contributed by atoms with Crippen molar-refractivity contribution in [1.82, 2.24) is 14.7 Å². The largest absolute Gasteiger partial charge is 0.277 e. The van der Waals surface area contributed by atoms with Gasteiger partial charge in [0, 0.05) is 24.1 Å². The highest BCUT2D eigenvalue weighted by molar-refractivity contribution is 7.07. The van der Waals surface area contributed by atoms with Crippen LogP contribution >= 0.6 is 11.3 Å². The SMILES string of the molecule is CC(C)(C)c1ccc(=O)n(CN2CCC[C@H]2c2ccsc2)n1. The fourth-order valence-corrected chi connectivity index (χ4v) is 3.67. The van der Waals surface area contributed by atoms with Crippen LogP contribution in [0.2, 0.25) is 0 Å². The average molecular weight is 317 g/mol. The molecular formula is C17H23N3OS. The van der Waals surface area contributed by atoms with Crippen LogP contribution in [0.25, 0.3) is 0 Å². The topological polar surface area (TPSA) is 38.1 Å². The van der Waals surface area contributed by atoms with Crippen LogP contribution < -0.4 is 5.56 Å². The van der Waals surface area contributed by atoms with E-state index in [1.165, 1.54) is 12.0 Å². The Bertz CT molecular complexity index is 685. The fraction of sp³-hybridized carbons (Fsp3) is 0.529. The average Bonchev–Trinajstić information content (AvgIpc) is 3.10. The van der Waals surface area contributed by atoms with Gasteiger partial charge in [0.15, 0.2) is 0 Å². The highest BCUT2D eigenvalue weighted by atomic mass is 32.1. The Morgan fingerprint density at radius 3 is 2.82 bits per heavy atom. The number of hydrogen-bond acceptors (Lipinski definition) is 4. The van der Waals surface area contributed by atoms with E-state index >= 15 is 0 Å². The van der Waals surface area contributed by atoms with Gasteiger partial charge in [-0.25, -0.2) is 4.68 Å². The third-order valence-electron chi connectivity index (χ3n) is 4.24. The van der Waals surface area contributed by atoms with E-state index in [1.54, 1.807) is 22.1 Å². The molecular weight excluding hydrogens is 294 g/mol. The van der Waals surface area contributed by atoms with Crippen molar-refractivity contribution >= 4 is 11.3 Å². The van der Waals surface area contributed by atoms with Crippen LogP contribution in [0.4, 0.5) is 0 Å². The molecule has 0 radical (unpaired) electrons. The number of rotatable bonds is 3. The molecule has 4 nitrogen and oxygen atoms in total. The van der Waals surface area contributed by atoms with E-state index in [-0.39, 0.29) is 11.0 Å². The fourth-order valence-electron chi connectivity index (χ4n) is 2.96. The summed E-state index contributed by atoms with van der Waals surface area (Å²) in [4.78, 5) is 14.5. The number of likely N-dealkylation sites (tertiary alicyclic amines) is 1. The van der Waals surface area contributed by atoms with Crippen LogP contribution in [-0.2, 0) is 12.1 Å². The lowest BCUT2D eigenvalue weighted by Crippen LogP contribution is -2.34. The van der Waals surface area contributed by atoms with Crippen molar-refractivity contribution in [3.8, 4) is 0 Å². The summed E-state index contributed by atoms with van der Waals surface area (Å²) in [6, 6.07) is 6.09. The van der Waals surface area contributed by atoms with Gasteiger partial charge in [0.05, 0.1) is 12.4 Å². The summed E-state index contributed by atoms with van der Waals surface area (Å²) in [5.74, 6) is 0. The maximum Gasteiger partial charge on any atom is 0.267 e. The van der Waals surface area contributed by atoms with Crippen molar-refractivity contribution in [2.75, 3.05) is 6.54 Å². The molecule has 1 aliphatic heterocycles. The second-order valence-corrected chi connectivity index (χ2v) is 7.75. The van der Waals surface area contributed by atoms with E-state index in [1.807, 2.05) is 6.07 Å². The zero-order valence-electron chi connectivity index (χ0n) is 13.5. The summed E-state index contributed by atoms with van der Waals surface area (Å²) in [6.45, 7) is 7.95. The van der Waals surface area contributed by atoms with Crippen molar-refractivity contribution in [3.63, 3.8) is 0 Å². The molecule has 0 unspecified atom stereocenters. The number of nitrogens with zero attached hydrogens (tertiary/aromatic N) is 3. The normalized spacial score (nSPS) is 19.7. The van der Waals surface area contributed by atoms with Gasteiger partial charge in [-0.15, -0.1) is 0 Å². The number of aromatic nitrogens is 2. The molecule has 5 heteroatoms. The predicted octanol–water partition coefficient (Wildman–Crippen LogP) is 3.40. The summed E-state index contributed by atoms with van der Waals surface area (Å²) in [6.07, 6.45) is 2.33. The van der Waals surface area contributed by atoms with E-state index < -0.39 is 0 Å². The van der Waals surface area contributed by atoms with Gasteiger partial charge < -0.3 is 0 Å². The van der Waals surface area contributed by atoms with E-state index in [9.17, 15) is 4.79 Å². The first-order chi connectivity index (χ1) is 10.4. The molecule has 1 aliphatic rings. The highest BCUT2D eigenvalue weighted by Gasteiger charge is 2.27. The minimum absolute atomic E-state index is 0.0241. The Morgan fingerprint density at radius 2 is 2.14 bits per heavy atom. The van der Waals surface area contributed by atoms with Gasteiger partial charge in [0.25, 0.3) is 5.56 Å². The van der Waals surface area contributed by atoms with Gasteiger partial charge in [0.2, 0.25) is 0 Å². The van der Waals surface area contributed by atoms with E-state index in [2.05, 4.69) is 47.6 Å². The van der Waals surface area contributed by atoms with Crippen LogP contribution in [0.5, 0.6) is 0 Å². The van der Waals surface area contributed by atoms with Gasteiger partial charge in [-0.05, 0) is 41.3 Å². The Hall–Kier alpha value is -1.46. The molecule has 0 aliphatic carbocycles. The van der Waals surface area contributed by atoms with Crippen molar-refractivity contribution in [3.05, 3.63) is 50.6 Å². The Morgan fingerprint density at radius 1 is 1.32 bits per heavy atom. The zero-order valence-corrected chi connectivity index (χ0v) is 14.3. The summed E-state index contributed by atoms with van der Waals surface area (Å²) in [7, 11) is 0. The lowest BCUT2D eigenvalue weighted by atomic mass is 9.92. The van der Waals surface area contributed by atoms with Crippen LogP contribution in [-0.4, -0.2) is 21.2 Å². The molecule has 3 rings (SSSR count). The Labute approximate surface area is 135 Å². The van der Waals surface area contributed by atoms with E-state index in [0.717, 1.165) is 18.7 Å². The standard InChI is InChI=1S/C17H23N3OS/c1-17(2,3)15-6-7-16(21)20(18-15)12-19-9-4-5-14(19)13-8-10-22-11-13/h6-8,10-11,14H,4-5,9,12H2,1-3H3/t14-/m0/s1. The minimum atomic E-state index is -0.0484. The van der Waals surface area contributed by atoms with Gasteiger partial charge in [-0.3, -0.25) is 9.69 Å². The van der Waals surface area contributed by atoms with Crippen molar-refractivity contribution < 1.29 is 0 Å². The van der Waals surface area contributed by atoms with Crippen molar-refractivity contribution in [2.24, 2.45) is 0 Å².